The number of benzene rings is 1. The minimum Gasteiger partial charge on any atom is -0.348 e. The third-order valence-corrected chi connectivity index (χ3v) is 7.25. The van der Waals surface area contributed by atoms with Crippen molar-refractivity contribution in [2.45, 2.75) is 24.9 Å². The third-order valence-electron chi connectivity index (χ3n) is 6.01. The van der Waals surface area contributed by atoms with Crippen LogP contribution >= 0.6 is 0 Å². The lowest BCUT2D eigenvalue weighted by molar-refractivity contribution is 0.0888. The highest BCUT2D eigenvalue weighted by molar-refractivity contribution is 7.88. The van der Waals surface area contributed by atoms with E-state index in [0.29, 0.717) is 11.5 Å². The van der Waals surface area contributed by atoms with E-state index in [-0.39, 0.29) is 42.6 Å². The number of anilines is 1. The highest BCUT2D eigenvalue weighted by Crippen LogP contribution is 2.35. The van der Waals surface area contributed by atoms with Gasteiger partial charge in [0.15, 0.2) is 11.3 Å². The van der Waals surface area contributed by atoms with Crippen LogP contribution in [-0.2, 0) is 10.0 Å². The zero-order valence-electron chi connectivity index (χ0n) is 17.5. The van der Waals surface area contributed by atoms with Crippen LogP contribution in [0.5, 0.6) is 0 Å². The van der Waals surface area contributed by atoms with Gasteiger partial charge in [-0.2, -0.15) is 4.31 Å². The molecule has 2 aromatic heterocycles. The lowest BCUT2D eigenvalue weighted by Gasteiger charge is -2.37. The van der Waals surface area contributed by atoms with Crippen LogP contribution in [0.25, 0.3) is 5.65 Å². The first-order chi connectivity index (χ1) is 15.3. The summed E-state index contributed by atoms with van der Waals surface area (Å²) in [6.07, 6.45) is 4.45. The molecule has 9 nitrogen and oxygen atoms in total. The predicted octanol–water partition coefficient (Wildman–Crippen LogP) is 1.58. The molecule has 0 radical (unpaired) electrons. The molecule has 2 saturated heterocycles. The number of rotatable bonds is 5. The largest absolute Gasteiger partial charge is 0.348 e. The summed E-state index contributed by atoms with van der Waals surface area (Å²) in [5, 5.41) is 7.50. The van der Waals surface area contributed by atoms with E-state index in [9.17, 15) is 17.6 Å². The standard InChI is InChI=1S/C21H23FN6O3S/c1-32(30,31)26-12-16(13-26)24-21(29)18-11-23-19-7-8-20(25-28(18)19)27-9-3-6-17(27)14-4-2-5-15(22)10-14/h2,4-5,7-8,10-11,16-17H,3,6,9,12-13H2,1H3,(H,24,29)/t17-/m1/s1. The third kappa shape index (κ3) is 3.82. The summed E-state index contributed by atoms with van der Waals surface area (Å²) in [4.78, 5) is 19.2. The van der Waals surface area contributed by atoms with Gasteiger partial charge in [0.2, 0.25) is 10.0 Å². The van der Waals surface area contributed by atoms with E-state index in [0.717, 1.165) is 31.2 Å². The Morgan fingerprint density at radius 3 is 2.78 bits per heavy atom. The SMILES string of the molecule is CS(=O)(=O)N1CC(NC(=O)c2cnc3ccc(N4CCC[C@@H]4c4cccc(F)c4)nn23)C1. The van der Waals surface area contributed by atoms with Crippen LogP contribution in [0.4, 0.5) is 10.2 Å². The van der Waals surface area contributed by atoms with Gasteiger partial charge in [-0.05, 0) is 42.7 Å². The van der Waals surface area contributed by atoms with E-state index in [2.05, 4.69) is 20.3 Å². The number of hydrogen-bond donors (Lipinski definition) is 1. The number of amides is 1. The van der Waals surface area contributed by atoms with Crippen molar-refractivity contribution in [3.63, 3.8) is 0 Å². The molecular weight excluding hydrogens is 435 g/mol. The molecule has 0 saturated carbocycles. The van der Waals surface area contributed by atoms with Crippen molar-refractivity contribution in [2.24, 2.45) is 0 Å². The Balaban J connectivity index is 1.37. The minimum absolute atomic E-state index is 0.00778. The number of imidazole rings is 1. The van der Waals surface area contributed by atoms with Gasteiger partial charge in [-0.15, -0.1) is 5.10 Å². The zero-order chi connectivity index (χ0) is 22.5. The molecule has 2 aliphatic heterocycles. The molecule has 0 bridgehead atoms. The second-order valence-electron chi connectivity index (χ2n) is 8.26. The number of halogens is 1. The maximum absolute atomic E-state index is 13.8. The number of hydrogen-bond acceptors (Lipinski definition) is 6. The Hall–Kier alpha value is -3.05. The summed E-state index contributed by atoms with van der Waals surface area (Å²) in [5.41, 5.74) is 1.71. The molecule has 168 valence electrons. The van der Waals surface area contributed by atoms with E-state index in [1.807, 2.05) is 12.1 Å². The summed E-state index contributed by atoms with van der Waals surface area (Å²) in [6.45, 7) is 1.28. The van der Waals surface area contributed by atoms with E-state index in [4.69, 9.17) is 0 Å². The normalized spacial score (nSPS) is 19.9. The molecular formula is C21H23FN6O3S. The predicted molar refractivity (Wildman–Crippen MR) is 116 cm³/mol. The molecule has 11 heteroatoms. The molecule has 3 aromatic rings. The van der Waals surface area contributed by atoms with E-state index in [1.165, 1.54) is 21.1 Å². The summed E-state index contributed by atoms with van der Waals surface area (Å²) >= 11 is 0. The molecule has 32 heavy (non-hydrogen) atoms. The topological polar surface area (TPSA) is 99.9 Å². The van der Waals surface area contributed by atoms with Crippen molar-refractivity contribution in [2.75, 3.05) is 30.8 Å². The van der Waals surface area contributed by atoms with Crippen molar-refractivity contribution in [3.8, 4) is 0 Å². The first-order valence-electron chi connectivity index (χ1n) is 10.4. The lowest BCUT2D eigenvalue weighted by atomic mass is 10.0. The fraction of sp³-hybridized carbons (Fsp3) is 0.381. The Labute approximate surface area is 184 Å². The van der Waals surface area contributed by atoms with Gasteiger partial charge < -0.3 is 10.2 Å². The van der Waals surface area contributed by atoms with Gasteiger partial charge in [-0.25, -0.2) is 22.3 Å². The molecule has 1 atom stereocenters. The highest BCUT2D eigenvalue weighted by atomic mass is 32.2. The molecule has 5 rings (SSSR count). The maximum atomic E-state index is 13.8. The molecule has 1 N–H and O–H groups in total. The second kappa shape index (κ2) is 7.82. The van der Waals surface area contributed by atoms with Gasteiger partial charge in [0, 0.05) is 19.6 Å². The van der Waals surface area contributed by atoms with Crippen LogP contribution in [0, 0.1) is 5.82 Å². The van der Waals surface area contributed by atoms with Crippen molar-refractivity contribution < 1.29 is 17.6 Å². The molecule has 1 aromatic carbocycles. The average molecular weight is 459 g/mol. The zero-order valence-corrected chi connectivity index (χ0v) is 18.3. The van der Waals surface area contributed by atoms with Crippen molar-refractivity contribution >= 4 is 27.4 Å². The van der Waals surface area contributed by atoms with Crippen LogP contribution in [-0.4, -0.2) is 65.2 Å². The fourth-order valence-electron chi connectivity index (χ4n) is 4.33. The van der Waals surface area contributed by atoms with Crippen LogP contribution in [0.1, 0.15) is 34.9 Å². The number of carbonyl (C=O) groups excluding carboxylic acids is 1. The Morgan fingerprint density at radius 1 is 1.22 bits per heavy atom. The number of carbonyl (C=O) groups is 1. The van der Waals surface area contributed by atoms with Crippen LogP contribution in [0.2, 0.25) is 0 Å². The van der Waals surface area contributed by atoms with Gasteiger partial charge >= 0.3 is 0 Å². The summed E-state index contributed by atoms with van der Waals surface area (Å²) in [7, 11) is -3.25. The first kappa shape index (κ1) is 20.8. The average Bonchev–Trinajstić information content (AvgIpc) is 3.36. The summed E-state index contributed by atoms with van der Waals surface area (Å²) in [5.74, 6) is 0.0587. The number of aromatic nitrogens is 3. The highest BCUT2D eigenvalue weighted by Gasteiger charge is 2.35. The van der Waals surface area contributed by atoms with Crippen LogP contribution < -0.4 is 10.2 Å². The van der Waals surface area contributed by atoms with Gasteiger partial charge in [0.1, 0.15) is 11.6 Å². The molecule has 2 aliphatic rings. The quantitative estimate of drug-likeness (QED) is 0.623. The Kier molecular flexibility index (Phi) is 5.09. The van der Waals surface area contributed by atoms with E-state index >= 15 is 0 Å². The first-order valence-corrected chi connectivity index (χ1v) is 12.3. The Morgan fingerprint density at radius 2 is 2.03 bits per heavy atom. The molecule has 2 fully saturated rings. The smallest absolute Gasteiger partial charge is 0.271 e. The van der Waals surface area contributed by atoms with E-state index < -0.39 is 10.0 Å². The molecule has 1 amide bonds. The molecule has 0 unspecified atom stereocenters. The minimum atomic E-state index is -3.25. The van der Waals surface area contributed by atoms with Gasteiger partial charge in [0.25, 0.3) is 5.91 Å². The summed E-state index contributed by atoms with van der Waals surface area (Å²) < 4.78 is 39.6. The monoisotopic (exact) mass is 458 g/mol. The summed E-state index contributed by atoms with van der Waals surface area (Å²) in [6, 6.07) is 10.0. The number of nitrogens with zero attached hydrogens (tertiary/aromatic N) is 5. The molecule has 0 spiro atoms. The molecule has 4 heterocycles. The van der Waals surface area contributed by atoms with Crippen molar-refractivity contribution in [3.05, 3.63) is 59.7 Å². The fourth-order valence-corrected chi connectivity index (χ4v) is 5.23. The Bertz CT molecular complexity index is 1290. The lowest BCUT2D eigenvalue weighted by Crippen LogP contribution is -2.60. The van der Waals surface area contributed by atoms with E-state index in [1.54, 1.807) is 18.2 Å². The maximum Gasteiger partial charge on any atom is 0.271 e. The molecule has 0 aliphatic carbocycles. The second-order valence-corrected chi connectivity index (χ2v) is 10.2. The number of fused-ring (bicyclic) bond motifs is 1. The number of sulfonamides is 1. The van der Waals surface area contributed by atoms with Crippen molar-refractivity contribution in [1.82, 2.24) is 24.2 Å². The van der Waals surface area contributed by atoms with Crippen LogP contribution in [0.15, 0.2) is 42.6 Å². The number of nitrogens with one attached hydrogen (secondary N) is 1. The van der Waals surface area contributed by atoms with Gasteiger partial charge in [-0.1, -0.05) is 12.1 Å². The van der Waals surface area contributed by atoms with Crippen molar-refractivity contribution in [1.29, 1.82) is 0 Å². The van der Waals surface area contributed by atoms with Gasteiger partial charge in [0.05, 0.1) is 24.5 Å². The van der Waals surface area contributed by atoms with Gasteiger partial charge in [-0.3, -0.25) is 4.79 Å². The van der Waals surface area contributed by atoms with Crippen LogP contribution in [0.3, 0.4) is 0 Å².